The van der Waals surface area contributed by atoms with E-state index >= 15 is 0 Å². The molecule has 1 aliphatic heterocycles. The Labute approximate surface area is 74.0 Å². The van der Waals surface area contributed by atoms with Gasteiger partial charge in [-0.15, -0.1) is 0 Å². The molecule has 0 unspecified atom stereocenters. The second-order valence-electron chi connectivity index (χ2n) is 2.71. The average molecular weight is 186 g/mol. The van der Waals surface area contributed by atoms with Gasteiger partial charge in [0.05, 0.1) is 11.3 Å². The minimum atomic E-state index is -0.128. The molecule has 12 heavy (non-hydrogen) atoms. The van der Waals surface area contributed by atoms with Crippen molar-refractivity contribution in [3.63, 3.8) is 0 Å². The Kier molecular flexibility index (Phi) is 1.86. The van der Waals surface area contributed by atoms with Gasteiger partial charge >= 0.3 is 0 Å². The first kappa shape index (κ1) is 7.76. The van der Waals surface area contributed by atoms with E-state index in [-0.39, 0.29) is 10.8 Å². The molecule has 1 aromatic heterocycles. The summed E-state index contributed by atoms with van der Waals surface area (Å²) in [6, 6.07) is 0. The lowest BCUT2D eigenvalue weighted by molar-refractivity contribution is 0.620. The van der Waals surface area contributed by atoms with Crippen LogP contribution in [-0.4, -0.2) is 16.5 Å². The topological polar surface area (TPSA) is 57.8 Å². The van der Waals surface area contributed by atoms with Crippen molar-refractivity contribution in [2.24, 2.45) is 0 Å². The van der Waals surface area contributed by atoms with Gasteiger partial charge in [-0.25, -0.2) is 4.98 Å². The van der Waals surface area contributed by atoms with Crippen LogP contribution in [0.2, 0.25) is 5.28 Å². The van der Waals surface area contributed by atoms with E-state index in [0.717, 1.165) is 18.7 Å². The zero-order chi connectivity index (χ0) is 8.55. The third-order valence-corrected chi connectivity index (χ3v) is 2.09. The quantitative estimate of drug-likeness (QED) is 0.563. The van der Waals surface area contributed by atoms with Crippen molar-refractivity contribution in [3.05, 3.63) is 26.9 Å². The maximum atomic E-state index is 11.3. The molecule has 0 saturated heterocycles. The van der Waals surface area contributed by atoms with Gasteiger partial charge in [0.2, 0.25) is 5.28 Å². The lowest BCUT2D eigenvalue weighted by Crippen LogP contribution is -2.31. The van der Waals surface area contributed by atoms with Crippen LogP contribution in [0.25, 0.3) is 0 Å². The van der Waals surface area contributed by atoms with Crippen molar-refractivity contribution in [1.82, 2.24) is 15.3 Å². The van der Waals surface area contributed by atoms with Gasteiger partial charge in [0.1, 0.15) is 0 Å². The van der Waals surface area contributed by atoms with Crippen LogP contribution in [0.1, 0.15) is 11.3 Å². The monoisotopic (exact) mass is 185 g/mol. The number of aromatic nitrogens is 2. The largest absolute Gasteiger partial charge is 0.312 e. The van der Waals surface area contributed by atoms with Gasteiger partial charge in [-0.05, 0) is 11.6 Å². The van der Waals surface area contributed by atoms with Crippen molar-refractivity contribution in [1.29, 1.82) is 0 Å². The molecule has 0 radical (unpaired) electrons. The highest BCUT2D eigenvalue weighted by molar-refractivity contribution is 6.28. The number of hydrogen-bond acceptors (Lipinski definition) is 3. The molecule has 4 nitrogen and oxygen atoms in total. The molecule has 1 aliphatic rings. The minimum Gasteiger partial charge on any atom is -0.312 e. The van der Waals surface area contributed by atoms with Crippen molar-refractivity contribution in [2.45, 2.75) is 13.0 Å². The van der Waals surface area contributed by atoms with Crippen LogP contribution in [0, 0.1) is 0 Å². The summed E-state index contributed by atoms with van der Waals surface area (Å²) in [5.41, 5.74) is 1.41. The summed E-state index contributed by atoms with van der Waals surface area (Å²) in [6.07, 6.45) is 0.777. The maximum Gasteiger partial charge on any atom is 0.256 e. The van der Waals surface area contributed by atoms with Crippen LogP contribution in [0.3, 0.4) is 0 Å². The highest BCUT2D eigenvalue weighted by atomic mass is 35.5. The lowest BCUT2D eigenvalue weighted by atomic mass is 10.1. The number of fused-ring (bicyclic) bond motifs is 1. The van der Waals surface area contributed by atoms with E-state index in [1.165, 1.54) is 0 Å². The second kappa shape index (κ2) is 2.88. The molecule has 0 saturated carbocycles. The van der Waals surface area contributed by atoms with Gasteiger partial charge in [-0.2, -0.15) is 0 Å². The van der Waals surface area contributed by atoms with Gasteiger partial charge < -0.3 is 5.32 Å². The highest BCUT2D eigenvalue weighted by Crippen LogP contribution is 2.07. The molecule has 1 aromatic rings. The molecule has 0 aromatic carbocycles. The standard InChI is InChI=1S/C7H8ClN3O/c8-7-10-5-1-2-9-3-4(5)6(12)11-7/h9H,1-3H2,(H,10,11,12). The summed E-state index contributed by atoms with van der Waals surface area (Å²) < 4.78 is 0. The fraction of sp³-hybridized carbons (Fsp3) is 0.429. The normalized spacial score (nSPS) is 15.8. The van der Waals surface area contributed by atoms with Crippen LogP contribution in [0.15, 0.2) is 4.79 Å². The third kappa shape index (κ3) is 1.23. The van der Waals surface area contributed by atoms with E-state index in [9.17, 15) is 4.79 Å². The van der Waals surface area contributed by atoms with Gasteiger partial charge in [0.15, 0.2) is 0 Å². The molecule has 5 heteroatoms. The predicted molar refractivity (Wildman–Crippen MR) is 45.3 cm³/mol. The molecule has 0 fully saturated rings. The molecule has 64 valence electrons. The third-order valence-electron chi connectivity index (χ3n) is 1.91. The van der Waals surface area contributed by atoms with Crippen molar-refractivity contribution in [2.75, 3.05) is 6.54 Å². The van der Waals surface area contributed by atoms with Gasteiger partial charge in [0.25, 0.3) is 5.56 Å². The first-order chi connectivity index (χ1) is 5.77. The number of rotatable bonds is 0. The summed E-state index contributed by atoms with van der Waals surface area (Å²) in [5.74, 6) is 0. The van der Waals surface area contributed by atoms with Gasteiger partial charge in [-0.1, -0.05) is 0 Å². The molecular formula is C7H8ClN3O. The van der Waals surface area contributed by atoms with E-state index in [2.05, 4.69) is 15.3 Å². The molecule has 0 amide bonds. The van der Waals surface area contributed by atoms with Crippen LogP contribution in [-0.2, 0) is 13.0 Å². The summed E-state index contributed by atoms with van der Waals surface area (Å²) >= 11 is 5.59. The van der Waals surface area contributed by atoms with Crippen molar-refractivity contribution < 1.29 is 0 Å². The molecular weight excluding hydrogens is 178 g/mol. The molecule has 0 atom stereocenters. The van der Waals surface area contributed by atoms with E-state index in [1.54, 1.807) is 0 Å². The molecule has 0 spiro atoms. The molecule has 0 bridgehead atoms. The average Bonchev–Trinajstić information content (AvgIpc) is 2.04. The van der Waals surface area contributed by atoms with Crippen molar-refractivity contribution in [3.8, 4) is 0 Å². The van der Waals surface area contributed by atoms with Gasteiger partial charge in [-0.3, -0.25) is 9.78 Å². The first-order valence-corrected chi connectivity index (χ1v) is 4.13. The Hall–Kier alpha value is -0.870. The van der Waals surface area contributed by atoms with E-state index in [4.69, 9.17) is 11.6 Å². The Morgan fingerprint density at radius 1 is 1.50 bits per heavy atom. The fourth-order valence-corrected chi connectivity index (χ4v) is 1.51. The smallest absolute Gasteiger partial charge is 0.256 e. The summed E-state index contributed by atoms with van der Waals surface area (Å²) in [5, 5.41) is 3.28. The van der Waals surface area contributed by atoms with Crippen LogP contribution in [0.4, 0.5) is 0 Å². The summed E-state index contributed by atoms with van der Waals surface area (Å²) in [7, 11) is 0. The lowest BCUT2D eigenvalue weighted by Gasteiger charge is -2.14. The molecule has 2 N–H and O–H groups in total. The van der Waals surface area contributed by atoms with Crippen LogP contribution >= 0.6 is 11.6 Å². The van der Waals surface area contributed by atoms with Crippen molar-refractivity contribution >= 4 is 11.6 Å². The number of hydrogen-bond donors (Lipinski definition) is 2. The fourth-order valence-electron chi connectivity index (χ4n) is 1.32. The first-order valence-electron chi connectivity index (χ1n) is 3.75. The highest BCUT2D eigenvalue weighted by Gasteiger charge is 2.13. The Morgan fingerprint density at radius 3 is 3.17 bits per heavy atom. The predicted octanol–water partition coefficient (Wildman–Crippen LogP) is 0.0690. The number of nitrogens with one attached hydrogen (secondary N) is 2. The summed E-state index contributed by atoms with van der Waals surface area (Å²) in [4.78, 5) is 17.8. The zero-order valence-corrected chi connectivity index (χ0v) is 7.11. The zero-order valence-electron chi connectivity index (χ0n) is 6.35. The SMILES string of the molecule is O=c1[nH]c(Cl)nc2c1CNCC2. The van der Waals surface area contributed by atoms with Gasteiger partial charge in [0, 0.05) is 19.5 Å². The number of nitrogens with zero attached hydrogens (tertiary/aromatic N) is 1. The van der Waals surface area contributed by atoms with E-state index < -0.39 is 0 Å². The maximum absolute atomic E-state index is 11.3. The van der Waals surface area contributed by atoms with E-state index in [1.807, 2.05) is 0 Å². The minimum absolute atomic E-state index is 0.128. The second-order valence-corrected chi connectivity index (χ2v) is 3.07. The number of H-pyrrole nitrogens is 1. The molecule has 2 rings (SSSR count). The number of halogens is 1. The van der Waals surface area contributed by atoms with Crippen LogP contribution < -0.4 is 10.9 Å². The molecule has 0 aliphatic carbocycles. The Balaban J connectivity index is 2.60. The van der Waals surface area contributed by atoms with Crippen LogP contribution in [0.5, 0.6) is 0 Å². The Bertz CT molecular complexity index is 360. The van der Waals surface area contributed by atoms with E-state index in [0.29, 0.717) is 12.1 Å². The number of aromatic amines is 1. The Morgan fingerprint density at radius 2 is 2.33 bits per heavy atom. The summed E-state index contributed by atoms with van der Waals surface area (Å²) in [6.45, 7) is 1.45. The molecule has 2 heterocycles.